The number of rotatable bonds is 7. The van der Waals surface area contributed by atoms with E-state index in [4.69, 9.17) is 4.74 Å². The van der Waals surface area contributed by atoms with E-state index in [1.165, 1.54) is 18.0 Å². The van der Waals surface area contributed by atoms with Gasteiger partial charge in [0, 0.05) is 19.2 Å². The fraction of sp³-hybridized carbons (Fsp3) is 0.300. The molecule has 0 aliphatic carbocycles. The zero-order chi connectivity index (χ0) is 19.1. The van der Waals surface area contributed by atoms with E-state index in [2.05, 4.69) is 5.32 Å². The molecule has 1 N–H and O–H groups in total. The van der Waals surface area contributed by atoms with Crippen LogP contribution in [0.25, 0.3) is 0 Å². The molecule has 6 heteroatoms. The maximum atomic E-state index is 14.0. The molecule has 0 saturated carbocycles. The van der Waals surface area contributed by atoms with Crippen molar-refractivity contribution in [3.63, 3.8) is 0 Å². The highest BCUT2D eigenvalue weighted by Crippen LogP contribution is 2.16. The molecule has 0 bridgehead atoms. The first kappa shape index (κ1) is 19.4. The van der Waals surface area contributed by atoms with Crippen LogP contribution in [0.1, 0.15) is 18.1 Å². The lowest BCUT2D eigenvalue weighted by molar-refractivity contribution is -0.139. The van der Waals surface area contributed by atoms with E-state index < -0.39 is 11.9 Å². The van der Waals surface area contributed by atoms with E-state index in [9.17, 15) is 14.0 Å². The average Bonchev–Trinajstić information content (AvgIpc) is 2.66. The number of nitrogens with one attached hydrogen (secondary N) is 1. The van der Waals surface area contributed by atoms with Gasteiger partial charge < -0.3 is 15.0 Å². The van der Waals surface area contributed by atoms with E-state index in [0.29, 0.717) is 11.3 Å². The Balaban J connectivity index is 2.22. The molecule has 5 nitrogen and oxygen atoms in total. The van der Waals surface area contributed by atoms with E-state index >= 15 is 0 Å². The number of halogens is 1. The van der Waals surface area contributed by atoms with Gasteiger partial charge in [-0.15, -0.1) is 0 Å². The Morgan fingerprint density at radius 3 is 2.38 bits per heavy atom. The van der Waals surface area contributed by atoms with Crippen LogP contribution in [0.5, 0.6) is 5.75 Å². The molecule has 2 amide bonds. The van der Waals surface area contributed by atoms with Crippen LogP contribution in [0, 0.1) is 5.82 Å². The molecular weight excluding hydrogens is 335 g/mol. The summed E-state index contributed by atoms with van der Waals surface area (Å²) >= 11 is 0. The predicted octanol–water partition coefficient (Wildman–Crippen LogP) is 2.54. The molecule has 0 saturated heterocycles. The zero-order valence-electron chi connectivity index (χ0n) is 15.2. The van der Waals surface area contributed by atoms with Gasteiger partial charge in [0.2, 0.25) is 11.8 Å². The smallest absolute Gasteiger partial charge is 0.242 e. The van der Waals surface area contributed by atoms with Crippen molar-refractivity contribution in [1.29, 1.82) is 0 Å². The number of likely N-dealkylation sites (N-methyl/N-ethyl adjacent to an activating group) is 1. The van der Waals surface area contributed by atoms with Crippen LogP contribution >= 0.6 is 0 Å². The first-order valence-corrected chi connectivity index (χ1v) is 8.33. The normalized spacial score (nSPS) is 11.5. The van der Waals surface area contributed by atoms with Crippen LogP contribution in [0.2, 0.25) is 0 Å². The van der Waals surface area contributed by atoms with Gasteiger partial charge in [0.15, 0.2) is 0 Å². The van der Waals surface area contributed by atoms with E-state index in [1.54, 1.807) is 56.5 Å². The Hall–Kier alpha value is -2.89. The quantitative estimate of drug-likeness (QED) is 0.827. The number of carbonyl (C=O) groups is 2. The largest absolute Gasteiger partial charge is 0.497 e. The molecule has 0 aliphatic rings. The van der Waals surface area contributed by atoms with E-state index in [1.807, 2.05) is 0 Å². The molecule has 0 unspecified atom stereocenters. The van der Waals surface area contributed by atoms with Crippen molar-refractivity contribution in [3.05, 3.63) is 65.5 Å². The molecule has 0 heterocycles. The van der Waals surface area contributed by atoms with Crippen LogP contribution in [-0.4, -0.2) is 36.9 Å². The summed E-state index contributed by atoms with van der Waals surface area (Å²) in [6, 6.07) is 12.7. The van der Waals surface area contributed by atoms with Crippen molar-refractivity contribution in [3.8, 4) is 5.75 Å². The summed E-state index contributed by atoms with van der Waals surface area (Å²) in [5, 5.41) is 2.54. The monoisotopic (exact) mass is 358 g/mol. The number of nitrogens with zero attached hydrogens (tertiary/aromatic N) is 1. The SMILES string of the molecule is CNC(=O)[C@@H](C)N(Cc1ccccc1F)C(=O)Cc1ccc(OC)cc1. The van der Waals surface area contributed by atoms with Crippen molar-refractivity contribution in [2.24, 2.45) is 0 Å². The molecular formula is C20H23FN2O3. The van der Waals surface area contributed by atoms with Crippen molar-refractivity contribution in [2.45, 2.75) is 25.9 Å². The predicted molar refractivity (Wildman–Crippen MR) is 97.2 cm³/mol. The first-order valence-electron chi connectivity index (χ1n) is 8.33. The van der Waals surface area contributed by atoms with Crippen LogP contribution < -0.4 is 10.1 Å². The maximum absolute atomic E-state index is 14.0. The number of amides is 2. The molecule has 0 aromatic heterocycles. The fourth-order valence-corrected chi connectivity index (χ4v) is 2.62. The number of benzene rings is 2. The molecule has 1 atom stereocenters. The summed E-state index contributed by atoms with van der Waals surface area (Å²) in [5.41, 5.74) is 1.16. The highest BCUT2D eigenvalue weighted by molar-refractivity contribution is 5.88. The lowest BCUT2D eigenvalue weighted by atomic mass is 10.1. The minimum Gasteiger partial charge on any atom is -0.497 e. The van der Waals surface area contributed by atoms with E-state index in [0.717, 1.165) is 5.56 Å². The third-order valence-corrected chi connectivity index (χ3v) is 4.23. The number of carbonyl (C=O) groups excluding carboxylic acids is 2. The van der Waals surface area contributed by atoms with Crippen molar-refractivity contribution in [1.82, 2.24) is 10.2 Å². The highest BCUT2D eigenvalue weighted by atomic mass is 19.1. The zero-order valence-corrected chi connectivity index (χ0v) is 15.2. The lowest BCUT2D eigenvalue weighted by Gasteiger charge is -2.28. The second kappa shape index (κ2) is 8.99. The summed E-state index contributed by atoms with van der Waals surface area (Å²) in [6.07, 6.45) is 0.111. The van der Waals surface area contributed by atoms with Gasteiger partial charge in [-0.3, -0.25) is 9.59 Å². The second-order valence-electron chi connectivity index (χ2n) is 5.93. The molecule has 0 radical (unpaired) electrons. The van der Waals surface area contributed by atoms with E-state index in [-0.39, 0.29) is 24.8 Å². The minimum atomic E-state index is -0.717. The van der Waals surface area contributed by atoms with Gasteiger partial charge in [-0.1, -0.05) is 30.3 Å². The van der Waals surface area contributed by atoms with Crippen LogP contribution in [0.15, 0.2) is 48.5 Å². The van der Waals surface area contributed by atoms with Crippen molar-refractivity contribution < 1.29 is 18.7 Å². The fourth-order valence-electron chi connectivity index (χ4n) is 2.62. The Kier molecular flexibility index (Phi) is 6.72. The second-order valence-corrected chi connectivity index (χ2v) is 5.93. The summed E-state index contributed by atoms with van der Waals surface area (Å²) < 4.78 is 19.1. The average molecular weight is 358 g/mol. The van der Waals surface area contributed by atoms with Gasteiger partial charge in [0.05, 0.1) is 13.5 Å². The van der Waals surface area contributed by atoms with Gasteiger partial charge in [0.1, 0.15) is 17.6 Å². The Morgan fingerprint density at radius 1 is 1.15 bits per heavy atom. The minimum absolute atomic E-state index is 0.0241. The molecule has 2 aromatic rings. The van der Waals surface area contributed by atoms with Crippen LogP contribution in [0.4, 0.5) is 4.39 Å². The molecule has 2 aromatic carbocycles. The number of ether oxygens (including phenoxy) is 1. The third-order valence-electron chi connectivity index (χ3n) is 4.23. The molecule has 0 spiro atoms. The summed E-state index contributed by atoms with van der Waals surface area (Å²) in [5.74, 6) is -0.263. The van der Waals surface area contributed by atoms with Gasteiger partial charge in [0.25, 0.3) is 0 Å². The van der Waals surface area contributed by atoms with Crippen LogP contribution in [0.3, 0.4) is 0 Å². The molecule has 0 aliphatic heterocycles. The van der Waals surface area contributed by atoms with Gasteiger partial charge >= 0.3 is 0 Å². The Labute approximate surface area is 152 Å². The Morgan fingerprint density at radius 2 is 1.81 bits per heavy atom. The molecule has 2 rings (SSSR count). The maximum Gasteiger partial charge on any atom is 0.242 e. The first-order chi connectivity index (χ1) is 12.5. The summed E-state index contributed by atoms with van der Waals surface area (Å²) in [4.78, 5) is 26.3. The summed E-state index contributed by atoms with van der Waals surface area (Å²) in [7, 11) is 3.08. The topological polar surface area (TPSA) is 58.6 Å². The van der Waals surface area contributed by atoms with Gasteiger partial charge in [-0.25, -0.2) is 4.39 Å². The Bertz CT molecular complexity index is 762. The highest BCUT2D eigenvalue weighted by Gasteiger charge is 2.26. The lowest BCUT2D eigenvalue weighted by Crippen LogP contribution is -2.47. The van der Waals surface area contributed by atoms with Crippen molar-refractivity contribution in [2.75, 3.05) is 14.2 Å². The number of hydrogen-bond donors (Lipinski definition) is 1. The summed E-state index contributed by atoms with van der Waals surface area (Å²) in [6.45, 7) is 1.65. The van der Waals surface area contributed by atoms with Crippen molar-refractivity contribution >= 4 is 11.8 Å². The van der Waals surface area contributed by atoms with Gasteiger partial charge in [-0.05, 0) is 30.7 Å². The van der Waals surface area contributed by atoms with Crippen LogP contribution in [-0.2, 0) is 22.6 Å². The number of methoxy groups -OCH3 is 1. The molecule has 138 valence electrons. The molecule has 0 fully saturated rings. The number of hydrogen-bond acceptors (Lipinski definition) is 3. The third kappa shape index (κ3) is 4.81. The standard InChI is InChI=1S/C20H23FN2O3/c1-14(20(25)22-2)23(13-16-6-4-5-7-18(16)21)19(24)12-15-8-10-17(26-3)11-9-15/h4-11,14H,12-13H2,1-3H3,(H,22,25)/t14-/m1/s1. The van der Waals surface area contributed by atoms with Gasteiger partial charge in [-0.2, -0.15) is 0 Å². The molecule has 26 heavy (non-hydrogen) atoms.